The molecule has 2 rings (SSSR count). The van der Waals surface area contributed by atoms with Crippen molar-refractivity contribution in [2.75, 3.05) is 20.2 Å². The van der Waals surface area contributed by atoms with Crippen molar-refractivity contribution in [1.29, 1.82) is 0 Å². The minimum Gasteiger partial charge on any atom is -0.381 e. The van der Waals surface area contributed by atoms with Gasteiger partial charge in [0.15, 0.2) is 17.5 Å². The molecule has 0 aliphatic carbocycles. The van der Waals surface area contributed by atoms with E-state index in [-0.39, 0.29) is 31.1 Å². The molecule has 2 atom stereocenters. The van der Waals surface area contributed by atoms with Crippen LogP contribution in [0.15, 0.2) is 12.1 Å². The Balaban J connectivity index is 0.00000242. The highest BCUT2D eigenvalue weighted by atomic mass is 35.5. The highest BCUT2D eigenvalue weighted by Gasteiger charge is 2.33. The number of ether oxygens (including phenoxy) is 1. The smallest absolute Gasteiger partial charge is 0.257 e. The average molecular weight is 339 g/mol. The number of hydrogen-bond donors (Lipinski definition) is 1. The van der Waals surface area contributed by atoms with Crippen molar-refractivity contribution in [2.24, 2.45) is 5.73 Å². The van der Waals surface area contributed by atoms with Gasteiger partial charge in [0.05, 0.1) is 11.7 Å². The highest BCUT2D eigenvalue weighted by Crippen LogP contribution is 2.23. The zero-order valence-corrected chi connectivity index (χ0v) is 12.8. The van der Waals surface area contributed by atoms with E-state index >= 15 is 0 Å². The molecule has 1 saturated heterocycles. The quantitative estimate of drug-likeness (QED) is 0.859. The number of methoxy groups -OCH3 is 1. The molecule has 8 heteroatoms. The molecule has 1 fully saturated rings. The van der Waals surface area contributed by atoms with Crippen LogP contribution in [0.25, 0.3) is 0 Å². The van der Waals surface area contributed by atoms with Crippen LogP contribution in [0.1, 0.15) is 23.2 Å². The Hall–Kier alpha value is -1.31. The SMILES string of the molecule is COC1CCN(C(=O)c2ccc(F)c(F)c2F)C(CN)C1.Cl. The first-order chi connectivity index (χ1) is 9.99. The summed E-state index contributed by atoms with van der Waals surface area (Å²) in [5, 5.41) is 0. The van der Waals surface area contributed by atoms with Crippen LogP contribution < -0.4 is 5.73 Å². The van der Waals surface area contributed by atoms with Crippen molar-refractivity contribution < 1.29 is 22.7 Å². The molecular formula is C14H18ClF3N2O2. The number of benzene rings is 1. The number of rotatable bonds is 3. The first-order valence-corrected chi connectivity index (χ1v) is 6.66. The third-order valence-electron chi connectivity index (χ3n) is 3.80. The van der Waals surface area contributed by atoms with E-state index in [1.807, 2.05) is 0 Å². The molecule has 1 amide bonds. The largest absolute Gasteiger partial charge is 0.381 e. The highest BCUT2D eigenvalue weighted by molar-refractivity contribution is 5.94. The third kappa shape index (κ3) is 3.53. The van der Waals surface area contributed by atoms with Crippen LogP contribution in [0.2, 0.25) is 0 Å². The summed E-state index contributed by atoms with van der Waals surface area (Å²) in [4.78, 5) is 13.7. The fourth-order valence-electron chi connectivity index (χ4n) is 2.56. The minimum absolute atomic E-state index is 0. The van der Waals surface area contributed by atoms with Gasteiger partial charge in [-0.1, -0.05) is 0 Å². The van der Waals surface area contributed by atoms with E-state index in [1.54, 1.807) is 7.11 Å². The lowest BCUT2D eigenvalue weighted by Gasteiger charge is -2.38. The van der Waals surface area contributed by atoms with Crippen LogP contribution in [0.4, 0.5) is 13.2 Å². The van der Waals surface area contributed by atoms with Crippen LogP contribution in [0, 0.1) is 17.5 Å². The van der Waals surface area contributed by atoms with Crippen molar-refractivity contribution in [3.63, 3.8) is 0 Å². The summed E-state index contributed by atoms with van der Waals surface area (Å²) < 4.78 is 45.1. The van der Waals surface area contributed by atoms with Crippen LogP contribution in [0.3, 0.4) is 0 Å². The predicted molar refractivity (Wildman–Crippen MR) is 77.5 cm³/mol. The number of piperidine rings is 1. The van der Waals surface area contributed by atoms with E-state index in [4.69, 9.17) is 10.5 Å². The normalized spacial score (nSPS) is 21.4. The molecule has 2 unspecified atom stereocenters. The van der Waals surface area contributed by atoms with Gasteiger partial charge in [-0.25, -0.2) is 13.2 Å². The van der Waals surface area contributed by atoms with Gasteiger partial charge in [-0.2, -0.15) is 0 Å². The summed E-state index contributed by atoms with van der Waals surface area (Å²) in [6.45, 7) is 0.522. The van der Waals surface area contributed by atoms with Crippen molar-refractivity contribution in [3.8, 4) is 0 Å². The Labute approximate surface area is 132 Å². The van der Waals surface area contributed by atoms with Crippen molar-refractivity contribution in [2.45, 2.75) is 25.0 Å². The van der Waals surface area contributed by atoms with E-state index in [0.717, 1.165) is 12.1 Å². The summed E-state index contributed by atoms with van der Waals surface area (Å²) in [5.74, 6) is -5.12. The molecule has 1 aromatic carbocycles. The van der Waals surface area contributed by atoms with Crippen LogP contribution in [-0.4, -0.2) is 43.2 Å². The van der Waals surface area contributed by atoms with Crippen LogP contribution in [0.5, 0.6) is 0 Å². The lowest BCUT2D eigenvalue weighted by atomic mass is 9.98. The van der Waals surface area contributed by atoms with Crippen molar-refractivity contribution in [1.82, 2.24) is 4.90 Å². The summed E-state index contributed by atoms with van der Waals surface area (Å²) in [6, 6.07) is 1.38. The fourth-order valence-corrected chi connectivity index (χ4v) is 2.56. The predicted octanol–water partition coefficient (Wildman–Crippen LogP) is 2.10. The lowest BCUT2D eigenvalue weighted by Crippen LogP contribution is -2.51. The first kappa shape index (κ1) is 18.7. The maximum atomic E-state index is 13.7. The molecule has 4 nitrogen and oxygen atoms in total. The Morgan fingerprint density at radius 2 is 2.05 bits per heavy atom. The molecule has 0 radical (unpaired) electrons. The molecule has 1 aliphatic heterocycles. The Bertz CT molecular complexity index is 545. The maximum Gasteiger partial charge on any atom is 0.257 e. The molecule has 22 heavy (non-hydrogen) atoms. The Kier molecular flexibility index (Phi) is 6.65. The molecule has 2 N–H and O–H groups in total. The van der Waals surface area contributed by atoms with Gasteiger partial charge in [0.25, 0.3) is 5.91 Å². The number of carbonyl (C=O) groups excluding carboxylic acids is 1. The Morgan fingerprint density at radius 3 is 2.64 bits per heavy atom. The van der Waals surface area contributed by atoms with Crippen LogP contribution in [-0.2, 0) is 4.74 Å². The number of amides is 1. The van der Waals surface area contributed by atoms with Crippen molar-refractivity contribution >= 4 is 18.3 Å². The number of halogens is 4. The monoisotopic (exact) mass is 338 g/mol. The summed E-state index contributed by atoms with van der Waals surface area (Å²) in [5.41, 5.74) is 5.16. The number of hydrogen-bond acceptors (Lipinski definition) is 3. The number of nitrogens with two attached hydrogens (primary N) is 1. The summed E-state index contributed by atoms with van der Waals surface area (Å²) >= 11 is 0. The second-order valence-electron chi connectivity index (χ2n) is 4.99. The first-order valence-electron chi connectivity index (χ1n) is 6.66. The standard InChI is InChI=1S/C14H17F3N2O2.ClH/c1-21-9-4-5-19(8(6-9)7-18)14(20)10-2-3-11(15)13(17)12(10)16;/h2-3,8-9H,4-7,18H2,1H3;1H. The van der Waals surface area contributed by atoms with Gasteiger partial charge < -0.3 is 15.4 Å². The van der Waals surface area contributed by atoms with Gasteiger partial charge in [0, 0.05) is 26.2 Å². The second kappa shape index (κ2) is 7.80. The zero-order chi connectivity index (χ0) is 15.6. The molecule has 0 aromatic heterocycles. The van der Waals surface area contributed by atoms with Gasteiger partial charge >= 0.3 is 0 Å². The maximum absolute atomic E-state index is 13.7. The molecule has 124 valence electrons. The van der Waals surface area contributed by atoms with Crippen LogP contribution >= 0.6 is 12.4 Å². The molecule has 0 spiro atoms. The molecule has 0 saturated carbocycles. The zero-order valence-electron chi connectivity index (χ0n) is 12.0. The van der Waals surface area contributed by atoms with Crippen molar-refractivity contribution in [3.05, 3.63) is 35.1 Å². The third-order valence-corrected chi connectivity index (χ3v) is 3.80. The van der Waals surface area contributed by atoms with E-state index < -0.39 is 28.9 Å². The van der Waals surface area contributed by atoms with Gasteiger partial charge in [-0.05, 0) is 25.0 Å². The van der Waals surface area contributed by atoms with E-state index in [1.165, 1.54) is 4.90 Å². The second-order valence-corrected chi connectivity index (χ2v) is 4.99. The summed E-state index contributed by atoms with van der Waals surface area (Å²) in [7, 11) is 1.57. The summed E-state index contributed by atoms with van der Waals surface area (Å²) in [6.07, 6.45) is 1.10. The van der Waals surface area contributed by atoms with Gasteiger partial charge in [-0.15, -0.1) is 12.4 Å². The van der Waals surface area contributed by atoms with E-state index in [0.29, 0.717) is 19.4 Å². The van der Waals surface area contributed by atoms with Gasteiger partial charge in [0.1, 0.15) is 0 Å². The molecule has 1 heterocycles. The molecule has 0 bridgehead atoms. The average Bonchev–Trinajstić information content (AvgIpc) is 2.51. The number of carbonyl (C=O) groups is 1. The lowest BCUT2D eigenvalue weighted by molar-refractivity contribution is 0.0136. The van der Waals surface area contributed by atoms with Gasteiger partial charge in [-0.3, -0.25) is 4.79 Å². The topological polar surface area (TPSA) is 55.6 Å². The Morgan fingerprint density at radius 1 is 1.36 bits per heavy atom. The van der Waals surface area contributed by atoms with E-state index in [9.17, 15) is 18.0 Å². The number of nitrogens with zero attached hydrogens (tertiary/aromatic N) is 1. The van der Waals surface area contributed by atoms with E-state index in [2.05, 4.69) is 0 Å². The minimum atomic E-state index is -1.64. The molecular weight excluding hydrogens is 321 g/mol. The van der Waals surface area contributed by atoms with Gasteiger partial charge in [0.2, 0.25) is 0 Å². The fraction of sp³-hybridized carbons (Fsp3) is 0.500. The molecule has 1 aliphatic rings. The molecule has 1 aromatic rings. The number of likely N-dealkylation sites (tertiary alicyclic amines) is 1.